The van der Waals surface area contributed by atoms with Crippen molar-refractivity contribution in [2.75, 3.05) is 11.9 Å². The van der Waals surface area contributed by atoms with E-state index in [2.05, 4.69) is 24.5 Å². The normalized spacial score (nSPS) is 19.2. The van der Waals surface area contributed by atoms with E-state index in [1.807, 2.05) is 0 Å². The smallest absolute Gasteiger partial charge is 0.337 e. The lowest BCUT2D eigenvalue weighted by Gasteiger charge is -2.10. The van der Waals surface area contributed by atoms with Gasteiger partial charge in [0.1, 0.15) is 5.82 Å². The summed E-state index contributed by atoms with van der Waals surface area (Å²) in [5.41, 5.74) is 0.0524. The van der Waals surface area contributed by atoms with E-state index in [0.717, 1.165) is 24.6 Å². The number of halogens is 1. The number of anilines is 1. The molecule has 2 rings (SSSR count). The zero-order valence-electron chi connectivity index (χ0n) is 11.4. The summed E-state index contributed by atoms with van der Waals surface area (Å²) in [5, 5.41) is 14.0. The molecule has 1 aliphatic carbocycles. The largest absolute Gasteiger partial charge is 0.478 e. The third-order valence-electron chi connectivity index (χ3n) is 3.69. The number of carboxylic acids is 1. The van der Waals surface area contributed by atoms with Crippen LogP contribution in [0.5, 0.6) is 0 Å². The fourth-order valence-corrected chi connectivity index (χ4v) is 2.11. The van der Waals surface area contributed by atoms with Crippen molar-refractivity contribution in [1.29, 1.82) is 0 Å². The number of carbonyl (C=O) groups is 2. The maximum Gasteiger partial charge on any atom is 0.337 e. The number of carbonyl (C=O) groups excluding carboxylic acids is 1. The van der Waals surface area contributed by atoms with Gasteiger partial charge in [0.25, 0.3) is 0 Å². The van der Waals surface area contributed by atoms with Gasteiger partial charge in [-0.3, -0.25) is 0 Å². The Balaban J connectivity index is 1.97. The molecular formula is C14H17FN2O3. The standard InChI is InChI=1S/C14H17FN2O3/c1-14(2)6-8(14)7-16-13(20)17-11-5-9(15)3-4-10(11)12(18)19/h3-5,8H,6-7H2,1-2H3,(H,18,19)(H2,16,17,20). The van der Waals surface area contributed by atoms with Gasteiger partial charge in [-0.25, -0.2) is 14.0 Å². The first-order chi connectivity index (χ1) is 9.29. The zero-order chi connectivity index (χ0) is 14.9. The molecule has 1 atom stereocenters. The number of carboxylic acid groups (broad SMARTS) is 1. The van der Waals surface area contributed by atoms with E-state index in [9.17, 15) is 14.0 Å². The molecule has 5 nitrogen and oxygen atoms in total. The Labute approximate surface area is 116 Å². The number of urea groups is 1. The van der Waals surface area contributed by atoms with Gasteiger partial charge >= 0.3 is 12.0 Å². The summed E-state index contributed by atoms with van der Waals surface area (Å²) >= 11 is 0. The van der Waals surface area contributed by atoms with Crippen LogP contribution >= 0.6 is 0 Å². The second-order valence-corrected chi connectivity index (χ2v) is 5.72. The average Bonchev–Trinajstić information content (AvgIpc) is 2.94. The Hall–Kier alpha value is -2.11. The molecule has 0 saturated heterocycles. The van der Waals surface area contributed by atoms with Crippen LogP contribution in [0, 0.1) is 17.2 Å². The SMILES string of the molecule is CC1(C)CC1CNC(=O)Nc1cc(F)ccc1C(=O)O. The minimum Gasteiger partial charge on any atom is -0.478 e. The minimum absolute atomic E-state index is 0.0509. The van der Waals surface area contributed by atoms with Gasteiger partial charge < -0.3 is 15.7 Å². The van der Waals surface area contributed by atoms with Crippen LogP contribution in [0.2, 0.25) is 0 Å². The Bertz CT molecular complexity index is 557. The molecule has 0 aromatic heterocycles. The molecule has 1 aromatic rings. The van der Waals surface area contributed by atoms with Crippen LogP contribution in [-0.4, -0.2) is 23.7 Å². The van der Waals surface area contributed by atoms with Crippen LogP contribution in [0.1, 0.15) is 30.6 Å². The summed E-state index contributed by atoms with van der Waals surface area (Å²) in [6.45, 7) is 4.76. The lowest BCUT2D eigenvalue weighted by molar-refractivity contribution is 0.0698. The molecule has 1 aromatic carbocycles. The van der Waals surface area contributed by atoms with Crippen LogP contribution in [0.3, 0.4) is 0 Å². The highest BCUT2D eigenvalue weighted by atomic mass is 19.1. The maximum absolute atomic E-state index is 13.1. The van der Waals surface area contributed by atoms with Crippen molar-refractivity contribution in [2.24, 2.45) is 11.3 Å². The van der Waals surface area contributed by atoms with Gasteiger partial charge in [-0.2, -0.15) is 0 Å². The number of rotatable bonds is 4. The van der Waals surface area contributed by atoms with Crippen molar-refractivity contribution in [3.63, 3.8) is 0 Å². The number of hydrogen-bond donors (Lipinski definition) is 3. The van der Waals surface area contributed by atoms with Gasteiger partial charge in [0, 0.05) is 6.54 Å². The molecule has 1 aliphatic rings. The monoisotopic (exact) mass is 280 g/mol. The van der Waals surface area contributed by atoms with Crippen molar-refractivity contribution >= 4 is 17.7 Å². The first kappa shape index (κ1) is 14.3. The van der Waals surface area contributed by atoms with Crippen molar-refractivity contribution in [1.82, 2.24) is 5.32 Å². The van der Waals surface area contributed by atoms with E-state index in [1.165, 1.54) is 0 Å². The van der Waals surface area contributed by atoms with E-state index in [0.29, 0.717) is 12.5 Å². The second kappa shape index (κ2) is 5.11. The highest BCUT2D eigenvalue weighted by Crippen LogP contribution is 2.50. The highest BCUT2D eigenvalue weighted by Gasteiger charge is 2.45. The first-order valence-corrected chi connectivity index (χ1v) is 6.37. The van der Waals surface area contributed by atoms with Crippen LogP contribution in [-0.2, 0) is 0 Å². The summed E-state index contributed by atoms with van der Waals surface area (Å²) in [6.07, 6.45) is 1.05. The van der Waals surface area contributed by atoms with Gasteiger partial charge in [0.15, 0.2) is 0 Å². The molecule has 0 heterocycles. The lowest BCUT2D eigenvalue weighted by Crippen LogP contribution is -2.31. The van der Waals surface area contributed by atoms with Gasteiger partial charge in [0.2, 0.25) is 0 Å². The summed E-state index contributed by atoms with van der Waals surface area (Å²) in [6, 6.07) is 2.63. The molecule has 20 heavy (non-hydrogen) atoms. The lowest BCUT2D eigenvalue weighted by atomic mass is 10.1. The number of benzene rings is 1. The Morgan fingerprint density at radius 3 is 2.65 bits per heavy atom. The van der Waals surface area contributed by atoms with Crippen molar-refractivity contribution < 1.29 is 19.1 Å². The van der Waals surface area contributed by atoms with Gasteiger partial charge in [-0.1, -0.05) is 13.8 Å². The van der Waals surface area contributed by atoms with E-state index >= 15 is 0 Å². The predicted molar refractivity (Wildman–Crippen MR) is 72.3 cm³/mol. The van der Waals surface area contributed by atoms with Crippen molar-refractivity contribution in [3.8, 4) is 0 Å². The molecule has 1 fully saturated rings. The molecule has 1 saturated carbocycles. The summed E-state index contributed by atoms with van der Waals surface area (Å²) in [7, 11) is 0. The maximum atomic E-state index is 13.1. The molecular weight excluding hydrogens is 263 g/mol. The Morgan fingerprint density at radius 2 is 2.10 bits per heavy atom. The molecule has 6 heteroatoms. The first-order valence-electron chi connectivity index (χ1n) is 6.37. The second-order valence-electron chi connectivity index (χ2n) is 5.72. The molecule has 3 N–H and O–H groups in total. The number of nitrogens with one attached hydrogen (secondary N) is 2. The van der Waals surface area contributed by atoms with E-state index in [-0.39, 0.29) is 16.7 Å². The van der Waals surface area contributed by atoms with Crippen LogP contribution in [0.15, 0.2) is 18.2 Å². The predicted octanol–water partition coefficient (Wildman–Crippen LogP) is 2.69. The van der Waals surface area contributed by atoms with E-state index in [4.69, 9.17) is 5.11 Å². The van der Waals surface area contributed by atoms with Crippen LogP contribution in [0.25, 0.3) is 0 Å². The fourth-order valence-electron chi connectivity index (χ4n) is 2.11. The molecule has 108 valence electrons. The molecule has 0 aliphatic heterocycles. The number of hydrogen-bond acceptors (Lipinski definition) is 2. The van der Waals surface area contributed by atoms with Crippen LogP contribution in [0.4, 0.5) is 14.9 Å². The average molecular weight is 280 g/mol. The van der Waals surface area contributed by atoms with E-state index in [1.54, 1.807) is 0 Å². The third-order valence-corrected chi connectivity index (χ3v) is 3.69. The number of amides is 2. The van der Waals surface area contributed by atoms with Crippen molar-refractivity contribution in [3.05, 3.63) is 29.6 Å². The summed E-state index contributed by atoms with van der Waals surface area (Å²) in [5.74, 6) is -1.39. The molecule has 0 spiro atoms. The number of aromatic carboxylic acids is 1. The summed E-state index contributed by atoms with van der Waals surface area (Å²) < 4.78 is 13.1. The van der Waals surface area contributed by atoms with Gasteiger partial charge in [-0.05, 0) is 36.0 Å². The molecule has 0 radical (unpaired) electrons. The van der Waals surface area contributed by atoms with Crippen molar-refractivity contribution in [2.45, 2.75) is 20.3 Å². The zero-order valence-corrected chi connectivity index (χ0v) is 11.4. The van der Waals surface area contributed by atoms with Crippen LogP contribution < -0.4 is 10.6 Å². The van der Waals surface area contributed by atoms with Gasteiger partial charge in [0.05, 0.1) is 11.3 Å². The molecule has 1 unspecified atom stereocenters. The minimum atomic E-state index is -1.22. The third kappa shape index (κ3) is 3.26. The highest BCUT2D eigenvalue weighted by molar-refractivity contribution is 5.99. The topological polar surface area (TPSA) is 78.4 Å². The quantitative estimate of drug-likeness (QED) is 0.793. The fraction of sp³-hybridized carbons (Fsp3) is 0.429. The Morgan fingerprint density at radius 1 is 1.45 bits per heavy atom. The van der Waals surface area contributed by atoms with E-state index < -0.39 is 17.8 Å². The molecule has 0 bridgehead atoms. The molecule has 2 amide bonds. The van der Waals surface area contributed by atoms with Gasteiger partial charge in [-0.15, -0.1) is 0 Å². The summed E-state index contributed by atoms with van der Waals surface area (Å²) in [4.78, 5) is 22.7. The Kier molecular flexibility index (Phi) is 3.65.